The van der Waals surface area contributed by atoms with Crippen molar-refractivity contribution in [1.29, 1.82) is 5.26 Å². The van der Waals surface area contributed by atoms with E-state index >= 15 is 0 Å². The SMILES string of the molecule is CCOC(=O)c1cc(C#N)cc(Br)c1O. The van der Waals surface area contributed by atoms with Crippen LogP contribution in [0.2, 0.25) is 0 Å². The maximum absolute atomic E-state index is 11.4. The number of benzene rings is 1. The van der Waals surface area contributed by atoms with Crippen molar-refractivity contribution < 1.29 is 14.6 Å². The number of halogens is 1. The molecule has 0 saturated heterocycles. The molecule has 0 aliphatic rings. The number of rotatable bonds is 2. The molecule has 0 saturated carbocycles. The van der Waals surface area contributed by atoms with Gasteiger partial charge in [0.15, 0.2) is 0 Å². The van der Waals surface area contributed by atoms with Gasteiger partial charge in [-0.3, -0.25) is 0 Å². The standard InChI is InChI=1S/C10H8BrNO3/c1-2-15-10(14)7-3-6(5-12)4-8(11)9(7)13/h3-4,13H,2H2,1H3. The van der Waals surface area contributed by atoms with Gasteiger partial charge in [0, 0.05) is 0 Å². The topological polar surface area (TPSA) is 70.3 Å². The molecule has 1 N–H and O–H groups in total. The van der Waals surface area contributed by atoms with Crippen molar-refractivity contribution >= 4 is 21.9 Å². The fourth-order valence-electron chi connectivity index (χ4n) is 1.03. The largest absolute Gasteiger partial charge is 0.506 e. The molecule has 1 aromatic rings. The van der Waals surface area contributed by atoms with E-state index < -0.39 is 5.97 Å². The second-order valence-corrected chi connectivity index (χ2v) is 3.54. The molecule has 0 atom stereocenters. The number of esters is 1. The fraction of sp³-hybridized carbons (Fsp3) is 0.200. The Hall–Kier alpha value is -1.54. The molecule has 1 aromatic carbocycles. The smallest absolute Gasteiger partial charge is 0.341 e. The van der Waals surface area contributed by atoms with Gasteiger partial charge in [0.25, 0.3) is 0 Å². The van der Waals surface area contributed by atoms with E-state index in [9.17, 15) is 9.90 Å². The molecule has 0 aromatic heterocycles. The molecule has 0 amide bonds. The van der Waals surface area contributed by atoms with Crippen LogP contribution in [-0.2, 0) is 4.74 Å². The van der Waals surface area contributed by atoms with Crippen molar-refractivity contribution in [3.05, 3.63) is 27.7 Å². The third kappa shape index (κ3) is 2.48. The number of phenolic OH excluding ortho intramolecular Hbond substituents is 1. The number of aromatic hydroxyl groups is 1. The lowest BCUT2D eigenvalue weighted by atomic mass is 10.1. The summed E-state index contributed by atoms with van der Waals surface area (Å²) in [6, 6.07) is 4.60. The molecule has 1 rings (SSSR count). The van der Waals surface area contributed by atoms with Crippen LogP contribution in [0.15, 0.2) is 16.6 Å². The zero-order chi connectivity index (χ0) is 11.4. The van der Waals surface area contributed by atoms with E-state index in [1.165, 1.54) is 12.1 Å². The highest BCUT2D eigenvalue weighted by Crippen LogP contribution is 2.29. The zero-order valence-corrected chi connectivity index (χ0v) is 9.54. The van der Waals surface area contributed by atoms with Crippen molar-refractivity contribution in [3.63, 3.8) is 0 Å². The van der Waals surface area contributed by atoms with Gasteiger partial charge in [-0.15, -0.1) is 0 Å². The lowest BCUT2D eigenvalue weighted by Crippen LogP contribution is -2.05. The van der Waals surface area contributed by atoms with E-state index in [1.807, 2.05) is 6.07 Å². The Balaban J connectivity index is 3.23. The van der Waals surface area contributed by atoms with Gasteiger partial charge in [-0.25, -0.2) is 4.79 Å². The lowest BCUT2D eigenvalue weighted by Gasteiger charge is -2.06. The molecule has 4 nitrogen and oxygen atoms in total. The fourth-order valence-corrected chi connectivity index (χ4v) is 1.49. The van der Waals surface area contributed by atoms with Crippen molar-refractivity contribution in [3.8, 4) is 11.8 Å². The molecule has 0 fully saturated rings. The summed E-state index contributed by atoms with van der Waals surface area (Å²) in [5.74, 6) is -0.861. The zero-order valence-electron chi connectivity index (χ0n) is 7.95. The molecule has 0 aliphatic heterocycles. The minimum Gasteiger partial charge on any atom is -0.506 e. The summed E-state index contributed by atoms with van der Waals surface area (Å²) in [4.78, 5) is 11.4. The Labute approximate surface area is 95.2 Å². The highest BCUT2D eigenvalue weighted by atomic mass is 79.9. The number of nitriles is 1. The quantitative estimate of drug-likeness (QED) is 0.836. The molecule has 0 spiro atoms. The molecule has 0 aliphatic carbocycles. The first-order chi connectivity index (χ1) is 7.10. The van der Waals surface area contributed by atoms with Crippen LogP contribution in [0, 0.1) is 11.3 Å². The van der Waals surface area contributed by atoms with Crippen molar-refractivity contribution in [2.75, 3.05) is 6.61 Å². The van der Waals surface area contributed by atoms with Gasteiger partial charge in [0.1, 0.15) is 11.3 Å². The molecule has 78 valence electrons. The molecule has 15 heavy (non-hydrogen) atoms. The molecule has 0 unspecified atom stereocenters. The summed E-state index contributed by atoms with van der Waals surface area (Å²) in [5, 5.41) is 18.2. The Kier molecular flexibility index (Phi) is 3.69. The van der Waals surface area contributed by atoms with Gasteiger partial charge in [-0.1, -0.05) is 0 Å². The first-order valence-corrected chi connectivity index (χ1v) is 4.99. The van der Waals surface area contributed by atoms with Gasteiger partial charge in [-0.05, 0) is 35.0 Å². The predicted octanol–water partition coefficient (Wildman–Crippen LogP) is 2.20. The minimum atomic E-state index is -0.646. The van der Waals surface area contributed by atoms with Crippen molar-refractivity contribution in [1.82, 2.24) is 0 Å². The lowest BCUT2D eigenvalue weighted by molar-refractivity contribution is 0.0523. The van der Waals surface area contributed by atoms with Crippen LogP contribution in [0.4, 0.5) is 0 Å². The summed E-state index contributed by atoms with van der Waals surface area (Å²) in [6.07, 6.45) is 0. The molecule has 0 bridgehead atoms. The number of phenols is 1. The minimum absolute atomic E-state index is 0.0113. The van der Waals surface area contributed by atoms with Crippen LogP contribution in [0.5, 0.6) is 5.75 Å². The van der Waals surface area contributed by atoms with E-state index in [4.69, 9.17) is 10.00 Å². The highest BCUT2D eigenvalue weighted by molar-refractivity contribution is 9.10. The number of carbonyl (C=O) groups excluding carboxylic acids is 1. The average molecular weight is 270 g/mol. The first-order valence-electron chi connectivity index (χ1n) is 4.19. The Morgan fingerprint density at radius 2 is 2.33 bits per heavy atom. The van der Waals surface area contributed by atoms with Crippen LogP contribution >= 0.6 is 15.9 Å². The van der Waals surface area contributed by atoms with Crippen LogP contribution in [0.3, 0.4) is 0 Å². The normalized spacial score (nSPS) is 9.40. The molecule has 5 heteroatoms. The highest BCUT2D eigenvalue weighted by Gasteiger charge is 2.16. The van der Waals surface area contributed by atoms with E-state index in [2.05, 4.69) is 15.9 Å². The Morgan fingerprint density at radius 3 is 2.87 bits per heavy atom. The van der Waals surface area contributed by atoms with Gasteiger partial charge in [0.05, 0.1) is 22.7 Å². The Morgan fingerprint density at radius 1 is 1.67 bits per heavy atom. The summed E-state index contributed by atoms with van der Waals surface area (Å²) >= 11 is 3.05. The summed E-state index contributed by atoms with van der Waals surface area (Å²) < 4.78 is 5.03. The van der Waals surface area contributed by atoms with Crippen molar-refractivity contribution in [2.24, 2.45) is 0 Å². The number of carbonyl (C=O) groups is 1. The third-order valence-corrected chi connectivity index (χ3v) is 2.29. The van der Waals surface area contributed by atoms with Crippen LogP contribution in [0.25, 0.3) is 0 Å². The average Bonchev–Trinajstić information content (AvgIpc) is 2.22. The molecular formula is C10H8BrNO3. The maximum atomic E-state index is 11.4. The monoisotopic (exact) mass is 269 g/mol. The predicted molar refractivity (Wildman–Crippen MR) is 56.5 cm³/mol. The van der Waals surface area contributed by atoms with Gasteiger partial charge in [-0.2, -0.15) is 5.26 Å². The summed E-state index contributed by atoms with van der Waals surface area (Å²) in [7, 11) is 0. The van der Waals surface area contributed by atoms with Gasteiger partial charge >= 0.3 is 5.97 Å². The molecule has 0 radical (unpaired) electrons. The number of hydrogen-bond donors (Lipinski definition) is 1. The van der Waals surface area contributed by atoms with Crippen LogP contribution < -0.4 is 0 Å². The second kappa shape index (κ2) is 4.80. The van der Waals surface area contributed by atoms with Crippen LogP contribution in [-0.4, -0.2) is 17.7 Å². The number of nitrogens with zero attached hydrogens (tertiary/aromatic N) is 1. The number of ether oxygens (including phenoxy) is 1. The van der Waals surface area contributed by atoms with Gasteiger partial charge in [0.2, 0.25) is 0 Å². The van der Waals surface area contributed by atoms with Crippen LogP contribution in [0.1, 0.15) is 22.8 Å². The number of hydrogen-bond acceptors (Lipinski definition) is 4. The van der Waals surface area contributed by atoms with E-state index in [0.29, 0.717) is 4.47 Å². The first kappa shape index (κ1) is 11.5. The van der Waals surface area contributed by atoms with Crippen molar-refractivity contribution in [2.45, 2.75) is 6.92 Å². The second-order valence-electron chi connectivity index (χ2n) is 2.69. The van der Waals surface area contributed by atoms with E-state index in [1.54, 1.807) is 6.92 Å². The summed E-state index contributed by atoms with van der Waals surface area (Å²) in [5.41, 5.74) is 0.269. The summed E-state index contributed by atoms with van der Waals surface area (Å²) in [6.45, 7) is 1.88. The van der Waals surface area contributed by atoms with E-state index in [0.717, 1.165) is 0 Å². The molecule has 0 heterocycles. The van der Waals surface area contributed by atoms with Gasteiger partial charge < -0.3 is 9.84 Å². The Bertz CT molecular complexity index is 437. The van der Waals surface area contributed by atoms with E-state index in [-0.39, 0.29) is 23.5 Å². The maximum Gasteiger partial charge on any atom is 0.341 e. The molecular weight excluding hydrogens is 262 g/mol. The third-order valence-electron chi connectivity index (χ3n) is 1.69.